The Morgan fingerprint density at radius 2 is 2.07 bits per heavy atom. The highest BCUT2D eigenvalue weighted by atomic mass is 16.1. The molecule has 88 valence electrons. The molecule has 0 radical (unpaired) electrons. The lowest BCUT2D eigenvalue weighted by Gasteiger charge is -2.32. The number of rotatable bonds is 5. The minimum Gasteiger partial charge on any atom is -0.316 e. The van der Waals surface area contributed by atoms with Crippen molar-refractivity contribution in [3.05, 3.63) is 0 Å². The molecule has 2 atom stereocenters. The summed E-state index contributed by atoms with van der Waals surface area (Å²) in [6, 6.07) is 0. The summed E-state index contributed by atoms with van der Waals surface area (Å²) < 4.78 is 0. The van der Waals surface area contributed by atoms with Crippen LogP contribution >= 0.6 is 0 Å². The molecule has 1 N–H and O–H groups in total. The Kier molecular flexibility index (Phi) is 4.32. The van der Waals surface area contributed by atoms with E-state index in [1.807, 2.05) is 0 Å². The molecule has 2 unspecified atom stereocenters. The zero-order valence-corrected chi connectivity index (χ0v) is 10.6. The summed E-state index contributed by atoms with van der Waals surface area (Å²) >= 11 is 0. The van der Waals surface area contributed by atoms with E-state index < -0.39 is 0 Å². The molecule has 2 nitrogen and oxygen atoms in total. The maximum atomic E-state index is 12.3. The van der Waals surface area contributed by atoms with Gasteiger partial charge in [0.2, 0.25) is 0 Å². The van der Waals surface area contributed by atoms with Gasteiger partial charge in [0.05, 0.1) is 0 Å². The summed E-state index contributed by atoms with van der Waals surface area (Å²) in [6.07, 6.45) is 2.89. The Morgan fingerprint density at radius 3 is 2.47 bits per heavy atom. The van der Waals surface area contributed by atoms with Gasteiger partial charge in [0.1, 0.15) is 5.78 Å². The van der Waals surface area contributed by atoms with Gasteiger partial charge in [-0.3, -0.25) is 4.79 Å². The number of nitrogens with one attached hydrogen (secondary N) is 1. The Labute approximate surface area is 93.8 Å². The van der Waals surface area contributed by atoms with Gasteiger partial charge in [-0.1, -0.05) is 34.1 Å². The summed E-state index contributed by atoms with van der Waals surface area (Å²) in [5.74, 6) is 1.48. The third-order valence-electron chi connectivity index (χ3n) is 4.08. The van der Waals surface area contributed by atoms with Crippen LogP contribution in [-0.4, -0.2) is 18.9 Å². The highest BCUT2D eigenvalue weighted by molar-refractivity contribution is 5.86. The molecule has 2 heteroatoms. The van der Waals surface area contributed by atoms with Crippen molar-refractivity contribution in [2.45, 2.75) is 47.0 Å². The van der Waals surface area contributed by atoms with Gasteiger partial charge in [0.15, 0.2) is 0 Å². The summed E-state index contributed by atoms with van der Waals surface area (Å²) in [6.45, 7) is 10.6. The maximum absolute atomic E-state index is 12.3. The molecule has 15 heavy (non-hydrogen) atoms. The van der Waals surface area contributed by atoms with E-state index in [9.17, 15) is 4.79 Å². The predicted octanol–water partition coefficient (Wildman–Crippen LogP) is 2.63. The highest BCUT2D eigenvalue weighted by Crippen LogP contribution is 2.37. The lowest BCUT2D eigenvalue weighted by atomic mass is 9.71. The molecule has 0 aromatic heterocycles. The number of carbonyl (C=O) groups excluding carboxylic acids is 1. The number of ketones is 1. The smallest absolute Gasteiger partial charge is 0.140 e. The monoisotopic (exact) mass is 211 g/mol. The van der Waals surface area contributed by atoms with E-state index in [2.05, 4.69) is 33.0 Å². The SMILES string of the molecule is CCC(C)CC(=O)C1(C(C)C)CCNC1. The van der Waals surface area contributed by atoms with Gasteiger partial charge in [-0.25, -0.2) is 0 Å². The van der Waals surface area contributed by atoms with Crippen LogP contribution in [0.25, 0.3) is 0 Å². The average Bonchev–Trinajstić information content (AvgIpc) is 2.67. The summed E-state index contributed by atoms with van der Waals surface area (Å²) in [5.41, 5.74) is -0.0660. The molecular weight excluding hydrogens is 186 g/mol. The molecule has 1 heterocycles. The third kappa shape index (κ3) is 2.60. The van der Waals surface area contributed by atoms with Crippen LogP contribution in [0.2, 0.25) is 0 Å². The fraction of sp³-hybridized carbons (Fsp3) is 0.923. The second-order valence-electron chi connectivity index (χ2n) is 5.38. The van der Waals surface area contributed by atoms with Gasteiger partial charge >= 0.3 is 0 Å². The zero-order valence-electron chi connectivity index (χ0n) is 10.6. The first-order valence-corrected chi connectivity index (χ1v) is 6.27. The molecule has 1 fully saturated rings. The van der Waals surface area contributed by atoms with E-state index in [-0.39, 0.29) is 5.41 Å². The first-order chi connectivity index (χ1) is 7.03. The molecule has 1 aliphatic rings. The standard InChI is InChI=1S/C13H25NO/c1-5-11(4)8-12(15)13(10(2)3)6-7-14-9-13/h10-11,14H,5-9H2,1-4H3. The first kappa shape index (κ1) is 12.7. The topological polar surface area (TPSA) is 29.1 Å². The molecular formula is C13H25NO. The number of hydrogen-bond donors (Lipinski definition) is 1. The van der Waals surface area contributed by atoms with Crippen molar-refractivity contribution in [3.63, 3.8) is 0 Å². The lowest BCUT2D eigenvalue weighted by Crippen LogP contribution is -2.39. The van der Waals surface area contributed by atoms with Crippen molar-refractivity contribution in [3.8, 4) is 0 Å². The minimum atomic E-state index is -0.0660. The number of carbonyl (C=O) groups is 1. The molecule has 0 saturated carbocycles. The molecule has 0 aromatic rings. The molecule has 0 spiro atoms. The molecule has 0 amide bonds. The Hall–Kier alpha value is -0.370. The van der Waals surface area contributed by atoms with Gasteiger partial charge in [-0.05, 0) is 24.8 Å². The van der Waals surface area contributed by atoms with E-state index in [1.165, 1.54) is 0 Å². The van der Waals surface area contributed by atoms with Gasteiger partial charge in [-0.15, -0.1) is 0 Å². The van der Waals surface area contributed by atoms with Crippen LogP contribution in [0.4, 0.5) is 0 Å². The largest absolute Gasteiger partial charge is 0.316 e. The van der Waals surface area contributed by atoms with E-state index in [1.54, 1.807) is 0 Å². The average molecular weight is 211 g/mol. The second kappa shape index (κ2) is 5.11. The van der Waals surface area contributed by atoms with E-state index >= 15 is 0 Å². The summed E-state index contributed by atoms with van der Waals surface area (Å²) in [5, 5.41) is 3.35. The second-order valence-corrected chi connectivity index (χ2v) is 5.38. The fourth-order valence-corrected chi connectivity index (χ4v) is 2.43. The highest BCUT2D eigenvalue weighted by Gasteiger charge is 2.43. The molecule has 0 aromatic carbocycles. The fourth-order valence-electron chi connectivity index (χ4n) is 2.43. The zero-order chi connectivity index (χ0) is 11.5. The van der Waals surface area contributed by atoms with Crippen molar-refractivity contribution in [1.29, 1.82) is 0 Å². The number of hydrogen-bond acceptors (Lipinski definition) is 2. The summed E-state index contributed by atoms with van der Waals surface area (Å²) in [7, 11) is 0. The van der Waals surface area contributed by atoms with Crippen LogP contribution < -0.4 is 5.32 Å². The van der Waals surface area contributed by atoms with Crippen LogP contribution in [0.15, 0.2) is 0 Å². The van der Waals surface area contributed by atoms with Crippen molar-refractivity contribution in [2.75, 3.05) is 13.1 Å². The van der Waals surface area contributed by atoms with Crippen LogP contribution in [0.1, 0.15) is 47.0 Å². The van der Waals surface area contributed by atoms with Crippen LogP contribution in [0.3, 0.4) is 0 Å². The van der Waals surface area contributed by atoms with Crippen LogP contribution in [0, 0.1) is 17.3 Å². The van der Waals surface area contributed by atoms with E-state index in [4.69, 9.17) is 0 Å². The number of Topliss-reactive ketones (excluding diaryl/α,β-unsaturated/α-hetero) is 1. The molecule has 0 aliphatic carbocycles. The normalized spacial score (nSPS) is 28.3. The van der Waals surface area contributed by atoms with E-state index in [0.717, 1.165) is 32.4 Å². The van der Waals surface area contributed by atoms with Crippen LogP contribution in [-0.2, 0) is 4.79 Å². The van der Waals surface area contributed by atoms with Crippen LogP contribution in [0.5, 0.6) is 0 Å². The van der Waals surface area contributed by atoms with Gasteiger partial charge in [-0.2, -0.15) is 0 Å². The molecule has 0 bridgehead atoms. The predicted molar refractivity (Wildman–Crippen MR) is 63.8 cm³/mol. The molecule has 1 rings (SSSR count). The first-order valence-electron chi connectivity index (χ1n) is 6.27. The van der Waals surface area contributed by atoms with Crippen molar-refractivity contribution in [2.24, 2.45) is 17.3 Å². The Morgan fingerprint density at radius 1 is 1.40 bits per heavy atom. The Bertz CT molecular complexity index is 217. The molecule has 1 saturated heterocycles. The quantitative estimate of drug-likeness (QED) is 0.757. The minimum absolute atomic E-state index is 0.0660. The van der Waals surface area contributed by atoms with Gasteiger partial charge < -0.3 is 5.32 Å². The third-order valence-corrected chi connectivity index (χ3v) is 4.08. The van der Waals surface area contributed by atoms with E-state index in [0.29, 0.717) is 17.6 Å². The molecule has 1 aliphatic heterocycles. The summed E-state index contributed by atoms with van der Waals surface area (Å²) in [4.78, 5) is 12.3. The van der Waals surface area contributed by atoms with Crippen molar-refractivity contribution >= 4 is 5.78 Å². The Balaban J connectivity index is 2.68. The van der Waals surface area contributed by atoms with Crippen molar-refractivity contribution < 1.29 is 4.79 Å². The lowest BCUT2D eigenvalue weighted by molar-refractivity contribution is -0.131. The maximum Gasteiger partial charge on any atom is 0.140 e. The van der Waals surface area contributed by atoms with Gasteiger partial charge in [0.25, 0.3) is 0 Å². The van der Waals surface area contributed by atoms with Crippen molar-refractivity contribution in [1.82, 2.24) is 5.32 Å². The van der Waals surface area contributed by atoms with Gasteiger partial charge in [0, 0.05) is 18.4 Å².